The Bertz CT molecular complexity index is 1660. The molecular weight excluding hydrogens is 706 g/mol. The Balaban J connectivity index is 1.28. The third-order valence-electron chi connectivity index (χ3n) is 8.37. The van der Waals surface area contributed by atoms with Crippen molar-refractivity contribution in [3.8, 4) is 0 Å². The average molecular weight is 749 g/mol. The van der Waals surface area contributed by atoms with Gasteiger partial charge >= 0.3 is 12.1 Å². The second kappa shape index (κ2) is 18.6. The fraction of sp³-hybridized carbons (Fsp3) is 0.359. The van der Waals surface area contributed by atoms with Crippen LogP contribution in [0.15, 0.2) is 106 Å². The van der Waals surface area contributed by atoms with Crippen molar-refractivity contribution < 1.29 is 42.9 Å². The highest BCUT2D eigenvalue weighted by Crippen LogP contribution is 2.37. The summed E-state index contributed by atoms with van der Waals surface area (Å²) < 4.78 is 29.7. The van der Waals surface area contributed by atoms with Crippen LogP contribution in [0, 0.1) is 5.92 Å². The lowest BCUT2D eigenvalue weighted by Crippen LogP contribution is -2.46. The Morgan fingerprint density at radius 1 is 0.960 bits per heavy atom. The number of aliphatic hydroxyl groups excluding tert-OH is 1. The van der Waals surface area contributed by atoms with E-state index in [9.17, 15) is 19.5 Å². The number of furan rings is 1. The third kappa shape index (κ3) is 10.4. The van der Waals surface area contributed by atoms with Crippen LogP contribution in [0.4, 0.5) is 4.79 Å². The van der Waals surface area contributed by atoms with Crippen LogP contribution in [-0.4, -0.2) is 66.5 Å². The molecule has 1 aromatic heterocycles. The highest BCUT2D eigenvalue weighted by molar-refractivity contribution is 9.10. The largest absolute Gasteiger partial charge is 0.461 e. The Hall–Kier alpha value is -4.29. The highest BCUT2D eigenvalue weighted by Gasteiger charge is 2.45. The molecule has 264 valence electrons. The zero-order chi connectivity index (χ0) is 35.3. The van der Waals surface area contributed by atoms with Gasteiger partial charge in [-0.05, 0) is 57.9 Å². The summed E-state index contributed by atoms with van der Waals surface area (Å²) in [5.74, 6) is -1.24. The number of aryl methyl sites for hydroxylation is 1. The molecule has 1 N–H and O–H groups in total. The van der Waals surface area contributed by atoms with Crippen LogP contribution in [0.3, 0.4) is 0 Å². The lowest BCUT2D eigenvalue weighted by atomic mass is 9.90. The summed E-state index contributed by atoms with van der Waals surface area (Å²) in [7, 11) is 0. The standard InChI is InChI=1S/C39H42BrNO9/c1-27(43)49-37(36-22-34(40)35(50-36)18-11-19-46-26-32(23-42)47-24-30-16-9-4-10-17-30)33(21-29-14-7-3-8-15-29)38(44)41-31(25-48-39(41)45)20-28-12-5-2-6-13-28/h2-10,12-17,22,31-33,37,42H,11,18-21,23-26H2,1H3/t31-,32+,33+,37-/m0/s1. The number of amides is 2. The fourth-order valence-corrected chi connectivity index (χ4v) is 6.39. The van der Waals surface area contributed by atoms with Crippen LogP contribution < -0.4 is 0 Å². The van der Waals surface area contributed by atoms with Crippen LogP contribution in [0.5, 0.6) is 0 Å². The van der Waals surface area contributed by atoms with Gasteiger partial charge < -0.3 is 28.5 Å². The van der Waals surface area contributed by atoms with Gasteiger partial charge in [0.05, 0.1) is 36.3 Å². The van der Waals surface area contributed by atoms with E-state index in [0.29, 0.717) is 42.7 Å². The van der Waals surface area contributed by atoms with E-state index in [1.807, 2.05) is 91.0 Å². The molecule has 1 aliphatic heterocycles. The molecule has 1 fully saturated rings. The van der Waals surface area contributed by atoms with E-state index in [1.54, 1.807) is 6.07 Å². The predicted octanol–water partition coefficient (Wildman–Crippen LogP) is 6.62. The average Bonchev–Trinajstić information content (AvgIpc) is 3.69. The lowest BCUT2D eigenvalue weighted by Gasteiger charge is -2.29. The molecule has 10 nitrogen and oxygen atoms in total. The number of hydrogen-bond acceptors (Lipinski definition) is 9. The first-order chi connectivity index (χ1) is 24.3. The molecule has 0 unspecified atom stereocenters. The van der Waals surface area contributed by atoms with Gasteiger partial charge in [0.15, 0.2) is 6.10 Å². The monoisotopic (exact) mass is 747 g/mol. The number of hydrogen-bond donors (Lipinski definition) is 1. The number of halogens is 1. The summed E-state index contributed by atoms with van der Waals surface area (Å²) in [6.07, 6.45) is -0.638. The van der Waals surface area contributed by atoms with Gasteiger partial charge in [-0.2, -0.15) is 0 Å². The molecule has 0 saturated carbocycles. The van der Waals surface area contributed by atoms with Crippen molar-refractivity contribution in [3.63, 3.8) is 0 Å². The minimum absolute atomic E-state index is 0.0620. The summed E-state index contributed by atoms with van der Waals surface area (Å²) in [4.78, 5) is 41.2. The number of rotatable bonds is 18. The van der Waals surface area contributed by atoms with E-state index in [2.05, 4.69) is 15.9 Å². The van der Waals surface area contributed by atoms with Crippen molar-refractivity contribution >= 4 is 33.9 Å². The van der Waals surface area contributed by atoms with E-state index in [4.69, 9.17) is 23.4 Å². The van der Waals surface area contributed by atoms with Crippen molar-refractivity contribution in [2.45, 2.75) is 57.5 Å². The van der Waals surface area contributed by atoms with E-state index < -0.39 is 42.1 Å². The van der Waals surface area contributed by atoms with Crippen molar-refractivity contribution in [1.82, 2.24) is 4.90 Å². The van der Waals surface area contributed by atoms with Crippen LogP contribution >= 0.6 is 15.9 Å². The lowest BCUT2D eigenvalue weighted by molar-refractivity contribution is -0.155. The van der Waals surface area contributed by atoms with Crippen molar-refractivity contribution in [2.24, 2.45) is 5.92 Å². The second-order valence-corrected chi connectivity index (χ2v) is 13.0. The molecule has 0 radical (unpaired) electrons. The number of imide groups is 1. The summed E-state index contributed by atoms with van der Waals surface area (Å²) in [5, 5.41) is 9.72. The van der Waals surface area contributed by atoms with Gasteiger partial charge in [-0.15, -0.1) is 0 Å². The molecule has 3 aromatic carbocycles. The van der Waals surface area contributed by atoms with Gasteiger partial charge in [0.1, 0.15) is 24.2 Å². The molecule has 2 heterocycles. The number of cyclic esters (lactones) is 1. The number of esters is 1. The zero-order valence-corrected chi connectivity index (χ0v) is 29.5. The number of carbonyl (C=O) groups excluding carboxylic acids is 3. The number of benzene rings is 3. The molecule has 2 amide bonds. The Labute approximate surface area is 300 Å². The minimum Gasteiger partial charge on any atom is -0.461 e. The molecule has 5 rings (SSSR count). The topological polar surface area (TPSA) is 125 Å². The normalized spacial score (nSPS) is 16.1. The highest BCUT2D eigenvalue weighted by atomic mass is 79.9. The van der Waals surface area contributed by atoms with Crippen LogP contribution in [0.1, 0.15) is 47.7 Å². The Morgan fingerprint density at radius 2 is 1.60 bits per heavy atom. The van der Waals surface area contributed by atoms with Gasteiger partial charge in [-0.3, -0.25) is 9.59 Å². The van der Waals surface area contributed by atoms with Gasteiger partial charge in [-0.25, -0.2) is 9.69 Å². The molecule has 0 aliphatic carbocycles. The minimum atomic E-state index is -1.13. The van der Waals surface area contributed by atoms with E-state index in [0.717, 1.165) is 21.6 Å². The predicted molar refractivity (Wildman–Crippen MR) is 188 cm³/mol. The van der Waals surface area contributed by atoms with Crippen molar-refractivity contribution in [3.05, 3.63) is 130 Å². The second-order valence-electron chi connectivity index (χ2n) is 12.2. The molecule has 4 atom stereocenters. The molecule has 1 saturated heterocycles. The molecule has 4 aromatic rings. The van der Waals surface area contributed by atoms with Crippen molar-refractivity contribution in [1.29, 1.82) is 0 Å². The van der Waals surface area contributed by atoms with Crippen LogP contribution in [0.2, 0.25) is 0 Å². The quantitative estimate of drug-likeness (QED) is 0.0883. The van der Waals surface area contributed by atoms with Gasteiger partial charge in [-0.1, -0.05) is 91.0 Å². The molecule has 11 heteroatoms. The van der Waals surface area contributed by atoms with E-state index >= 15 is 0 Å². The molecular formula is C39H42BrNO9. The summed E-state index contributed by atoms with van der Waals surface area (Å²) in [6, 6.07) is 29.8. The summed E-state index contributed by atoms with van der Waals surface area (Å²) in [6.45, 7) is 2.17. The first-order valence-corrected chi connectivity index (χ1v) is 17.5. The number of nitrogens with zero attached hydrogens (tertiary/aromatic N) is 1. The zero-order valence-electron chi connectivity index (χ0n) is 27.9. The van der Waals surface area contributed by atoms with E-state index in [1.165, 1.54) is 6.92 Å². The van der Waals surface area contributed by atoms with Crippen LogP contribution in [-0.2, 0) is 54.4 Å². The van der Waals surface area contributed by atoms with Gasteiger partial charge in [0, 0.05) is 20.0 Å². The molecule has 0 bridgehead atoms. The SMILES string of the molecule is CC(=O)O[C@H](c1cc(Br)c(CCCOC[C@@H](CO)OCc2ccccc2)o1)[C@@H](Cc1ccccc1)C(=O)N1C(=O)OC[C@@H]1Cc1ccccc1. The molecule has 0 spiro atoms. The Morgan fingerprint density at radius 3 is 2.24 bits per heavy atom. The maximum atomic E-state index is 14.4. The Kier molecular flexibility index (Phi) is 13.8. The number of carbonyl (C=O) groups is 3. The summed E-state index contributed by atoms with van der Waals surface area (Å²) >= 11 is 3.58. The number of ether oxygens (including phenoxy) is 4. The molecule has 1 aliphatic rings. The maximum absolute atomic E-state index is 14.4. The van der Waals surface area contributed by atoms with Crippen molar-refractivity contribution in [2.75, 3.05) is 26.4 Å². The number of aliphatic hydroxyl groups is 1. The van der Waals surface area contributed by atoms with Crippen LogP contribution in [0.25, 0.3) is 0 Å². The first kappa shape index (κ1) is 37.0. The molecule has 50 heavy (non-hydrogen) atoms. The summed E-state index contributed by atoms with van der Waals surface area (Å²) in [5.41, 5.74) is 2.79. The fourth-order valence-electron chi connectivity index (χ4n) is 5.88. The smallest absolute Gasteiger partial charge is 0.416 e. The van der Waals surface area contributed by atoms with Gasteiger partial charge in [0.2, 0.25) is 5.91 Å². The van der Waals surface area contributed by atoms with E-state index in [-0.39, 0.29) is 32.0 Å². The first-order valence-electron chi connectivity index (χ1n) is 16.7. The maximum Gasteiger partial charge on any atom is 0.416 e. The van der Waals surface area contributed by atoms with Gasteiger partial charge in [0.25, 0.3) is 0 Å². The third-order valence-corrected chi connectivity index (χ3v) is 9.04.